The molecule has 0 aliphatic carbocycles. The summed E-state index contributed by atoms with van der Waals surface area (Å²) in [6.45, 7) is 0.650. The van der Waals surface area contributed by atoms with Gasteiger partial charge in [-0.3, -0.25) is 4.79 Å². The first-order valence-corrected chi connectivity index (χ1v) is 7.27. The van der Waals surface area contributed by atoms with Crippen molar-refractivity contribution in [2.75, 3.05) is 13.7 Å². The largest absolute Gasteiger partial charge is 0.387 e. The summed E-state index contributed by atoms with van der Waals surface area (Å²) in [5.41, 5.74) is 2.25. The molecule has 0 radical (unpaired) electrons. The van der Waals surface area contributed by atoms with Crippen molar-refractivity contribution in [3.63, 3.8) is 0 Å². The number of rotatable bonds is 6. The molecule has 0 aromatic heterocycles. The number of carbonyl (C=O) groups excluding carboxylic acids is 1. The predicted molar refractivity (Wildman–Crippen MR) is 85.9 cm³/mol. The van der Waals surface area contributed by atoms with Crippen LogP contribution in [0.15, 0.2) is 48.5 Å². The fourth-order valence-corrected chi connectivity index (χ4v) is 2.14. The van der Waals surface area contributed by atoms with Gasteiger partial charge in [-0.25, -0.2) is 0 Å². The normalized spacial score (nSPS) is 12.0. The third-order valence-corrected chi connectivity index (χ3v) is 3.49. The van der Waals surface area contributed by atoms with E-state index in [0.717, 1.165) is 5.56 Å². The molecule has 0 heterocycles. The van der Waals surface area contributed by atoms with Gasteiger partial charge in [0.05, 0.1) is 12.7 Å². The Morgan fingerprint density at radius 2 is 1.82 bits per heavy atom. The van der Waals surface area contributed by atoms with Crippen molar-refractivity contribution in [1.82, 2.24) is 5.32 Å². The lowest BCUT2D eigenvalue weighted by atomic mass is 10.1. The molecule has 0 spiro atoms. The van der Waals surface area contributed by atoms with Crippen LogP contribution >= 0.6 is 11.6 Å². The summed E-state index contributed by atoms with van der Waals surface area (Å²) in [6, 6.07) is 14.0. The zero-order chi connectivity index (χ0) is 15.9. The Hall–Kier alpha value is -1.88. The molecule has 4 nitrogen and oxygen atoms in total. The number of halogens is 1. The molecule has 5 heteroatoms. The van der Waals surface area contributed by atoms with Crippen LogP contribution in [0.1, 0.15) is 27.6 Å². The van der Waals surface area contributed by atoms with Crippen molar-refractivity contribution in [3.8, 4) is 0 Å². The van der Waals surface area contributed by atoms with E-state index in [0.29, 0.717) is 22.8 Å². The predicted octanol–water partition coefficient (Wildman–Crippen LogP) is 2.95. The third kappa shape index (κ3) is 4.56. The summed E-state index contributed by atoms with van der Waals surface area (Å²) in [6.07, 6.45) is -0.769. The second kappa shape index (κ2) is 7.94. The molecule has 2 rings (SSSR count). The first kappa shape index (κ1) is 16.5. The molecule has 1 amide bonds. The maximum Gasteiger partial charge on any atom is 0.251 e. The van der Waals surface area contributed by atoms with Gasteiger partial charge in [0.25, 0.3) is 5.91 Å². The van der Waals surface area contributed by atoms with E-state index in [1.165, 1.54) is 0 Å². The van der Waals surface area contributed by atoms with Crippen LogP contribution in [0.4, 0.5) is 0 Å². The van der Waals surface area contributed by atoms with Gasteiger partial charge in [0, 0.05) is 24.2 Å². The van der Waals surface area contributed by atoms with Gasteiger partial charge in [-0.05, 0) is 35.4 Å². The second-order valence-corrected chi connectivity index (χ2v) is 5.34. The maximum absolute atomic E-state index is 12.0. The molecule has 0 fully saturated rings. The molecule has 0 aliphatic rings. The van der Waals surface area contributed by atoms with Crippen LogP contribution in [-0.4, -0.2) is 24.7 Å². The molecule has 0 bridgehead atoms. The average Bonchev–Trinajstić information content (AvgIpc) is 2.54. The lowest BCUT2D eigenvalue weighted by molar-refractivity contribution is 0.0916. The Labute approximate surface area is 134 Å². The topological polar surface area (TPSA) is 58.6 Å². The minimum Gasteiger partial charge on any atom is -0.387 e. The van der Waals surface area contributed by atoms with Gasteiger partial charge in [0.2, 0.25) is 0 Å². The summed E-state index contributed by atoms with van der Waals surface area (Å²) in [5, 5.41) is 13.4. The number of hydrogen-bond donors (Lipinski definition) is 2. The lowest BCUT2D eigenvalue weighted by Gasteiger charge is -2.12. The number of ether oxygens (including phenoxy) is 1. The van der Waals surface area contributed by atoms with E-state index in [-0.39, 0.29) is 12.5 Å². The fraction of sp³-hybridized carbons (Fsp3) is 0.235. The lowest BCUT2D eigenvalue weighted by Crippen LogP contribution is -2.28. The second-order valence-electron chi connectivity index (χ2n) is 4.91. The molecule has 0 saturated carbocycles. The summed E-state index contributed by atoms with van der Waals surface area (Å²) in [4.78, 5) is 12.0. The molecule has 0 saturated heterocycles. The van der Waals surface area contributed by atoms with E-state index < -0.39 is 6.10 Å². The van der Waals surface area contributed by atoms with Gasteiger partial charge in [-0.1, -0.05) is 35.9 Å². The number of aliphatic hydroxyl groups is 1. The Balaban J connectivity index is 1.90. The molecule has 22 heavy (non-hydrogen) atoms. The van der Waals surface area contributed by atoms with Crippen LogP contribution in [0.5, 0.6) is 0 Å². The monoisotopic (exact) mass is 319 g/mol. The zero-order valence-electron chi connectivity index (χ0n) is 12.3. The molecule has 1 atom stereocenters. The van der Waals surface area contributed by atoms with Crippen LogP contribution in [-0.2, 0) is 11.3 Å². The molecule has 2 N–H and O–H groups in total. The Bertz CT molecular complexity index is 611. The van der Waals surface area contributed by atoms with E-state index in [4.69, 9.17) is 16.3 Å². The zero-order valence-corrected chi connectivity index (χ0v) is 13.0. The van der Waals surface area contributed by atoms with Gasteiger partial charge in [-0.15, -0.1) is 0 Å². The molecular formula is C17H18ClNO3. The van der Waals surface area contributed by atoms with Crippen molar-refractivity contribution in [1.29, 1.82) is 0 Å². The molecular weight excluding hydrogens is 302 g/mol. The van der Waals surface area contributed by atoms with Crippen molar-refractivity contribution >= 4 is 17.5 Å². The molecule has 2 aromatic rings. The first-order chi connectivity index (χ1) is 10.6. The highest BCUT2D eigenvalue weighted by molar-refractivity contribution is 6.30. The number of benzene rings is 2. The first-order valence-electron chi connectivity index (χ1n) is 6.89. The summed E-state index contributed by atoms with van der Waals surface area (Å²) >= 11 is 5.80. The number of hydrogen-bond acceptors (Lipinski definition) is 3. The quantitative estimate of drug-likeness (QED) is 0.860. The van der Waals surface area contributed by atoms with Crippen LogP contribution in [0.2, 0.25) is 5.02 Å². The van der Waals surface area contributed by atoms with E-state index >= 15 is 0 Å². The van der Waals surface area contributed by atoms with Gasteiger partial charge in [0.1, 0.15) is 0 Å². The van der Waals surface area contributed by atoms with Gasteiger partial charge in [-0.2, -0.15) is 0 Å². The summed E-state index contributed by atoms with van der Waals surface area (Å²) < 4.78 is 5.02. The minimum absolute atomic E-state index is 0.139. The Morgan fingerprint density at radius 3 is 2.41 bits per heavy atom. The van der Waals surface area contributed by atoms with Crippen molar-refractivity contribution in [2.45, 2.75) is 12.7 Å². The van der Waals surface area contributed by atoms with Crippen LogP contribution in [0.3, 0.4) is 0 Å². The maximum atomic E-state index is 12.0. The number of methoxy groups -OCH3 is 1. The molecule has 1 unspecified atom stereocenters. The van der Waals surface area contributed by atoms with Crippen molar-refractivity contribution in [3.05, 3.63) is 70.2 Å². The number of aliphatic hydroxyl groups excluding tert-OH is 1. The van der Waals surface area contributed by atoms with Crippen molar-refractivity contribution in [2.24, 2.45) is 0 Å². The molecule has 2 aromatic carbocycles. The standard InChI is InChI=1S/C17H18ClNO3/c1-22-11-12-2-4-14(5-3-12)17(21)19-10-16(20)13-6-8-15(18)9-7-13/h2-9,16,20H,10-11H2,1H3,(H,19,21). The van der Waals surface area contributed by atoms with E-state index in [1.54, 1.807) is 43.5 Å². The Kier molecular flexibility index (Phi) is 5.95. The SMILES string of the molecule is COCc1ccc(C(=O)NCC(O)c2ccc(Cl)cc2)cc1. The summed E-state index contributed by atoms with van der Waals surface area (Å²) in [7, 11) is 1.62. The van der Waals surface area contributed by atoms with Crippen LogP contribution in [0.25, 0.3) is 0 Å². The van der Waals surface area contributed by atoms with Crippen molar-refractivity contribution < 1.29 is 14.6 Å². The highest BCUT2D eigenvalue weighted by atomic mass is 35.5. The number of nitrogens with one attached hydrogen (secondary N) is 1. The average molecular weight is 320 g/mol. The van der Waals surface area contributed by atoms with Gasteiger partial charge in [0.15, 0.2) is 0 Å². The van der Waals surface area contributed by atoms with E-state index in [9.17, 15) is 9.90 Å². The van der Waals surface area contributed by atoms with Crippen LogP contribution in [0, 0.1) is 0 Å². The summed E-state index contributed by atoms with van der Waals surface area (Å²) in [5.74, 6) is -0.225. The molecule has 116 valence electrons. The van der Waals surface area contributed by atoms with Gasteiger partial charge < -0.3 is 15.2 Å². The van der Waals surface area contributed by atoms with Gasteiger partial charge >= 0.3 is 0 Å². The molecule has 0 aliphatic heterocycles. The number of amides is 1. The Morgan fingerprint density at radius 1 is 1.18 bits per heavy atom. The third-order valence-electron chi connectivity index (χ3n) is 3.24. The highest BCUT2D eigenvalue weighted by Crippen LogP contribution is 2.16. The minimum atomic E-state index is -0.769. The van der Waals surface area contributed by atoms with Crippen LogP contribution < -0.4 is 5.32 Å². The van der Waals surface area contributed by atoms with E-state index in [1.807, 2.05) is 12.1 Å². The van der Waals surface area contributed by atoms with E-state index in [2.05, 4.69) is 5.32 Å². The number of carbonyl (C=O) groups is 1. The highest BCUT2D eigenvalue weighted by Gasteiger charge is 2.11. The smallest absolute Gasteiger partial charge is 0.251 e. The fourth-order valence-electron chi connectivity index (χ4n) is 2.01.